The van der Waals surface area contributed by atoms with Crippen LogP contribution in [0.1, 0.15) is 29.7 Å². The van der Waals surface area contributed by atoms with Gasteiger partial charge in [0.1, 0.15) is 11.4 Å². The molecular weight excluding hydrogens is 428 g/mol. The molecule has 1 saturated carbocycles. The standard InChI is InChI=1S/C25H21ClN2O4/c1-32-20-3-2-10-27-22(20)23(30)21-17-11-16(18(26)12-19(17)28-24(21)31)14-4-6-15(7-5-14)25(13-29)8-9-25/h2-7,10-12,29-30H,8-9,13H2,1H3,(H,28,31)/b23-21+. The molecule has 1 aliphatic heterocycles. The van der Waals surface area contributed by atoms with E-state index in [1.165, 1.54) is 13.3 Å². The van der Waals surface area contributed by atoms with Crippen LogP contribution in [-0.2, 0) is 10.2 Å². The van der Waals surface area contributed by atoms with Crippen molar-refractivity contribution in [2.24, 2.45) is 0 Å². The van der Waals surface area contributed by atoms with E-state index in [-0.39, 0.29) is 29.0 Å². The van der Waals surface area contributed by atoms with Crippen molar-refractivity contribution in [2.45, 2.75) is 18.3 Å². The summed E-state index contributed by atoms with van der Waals surface area (Å²) in [6, 6.07) is 14.8. The maximum atomic E-state index is 12.7. The molecule has 7 heteroatoms. The number of ether oxygens (including phenoxy) is 1. The average molecular weight is 449 g/mol. The SMILES string of the molecule is COc1cccnc1/C(O)=C1\C(=O)Nc2cc(Cl)c(-c3ccc(C4(CO)CC4)cc3)cc21. The quantitative estimate of drug-likeness (QED) is 0.384. The molecule has 0 unspecified atom stereocenters. The second-order valence-electron chi connectivity index (χ2n) is 8.13. The second-order valence-corrected chi connectivity index (χ2v) is 8.53. The van der Waals surface area contributed by atoms with Gasteiger partial charge in [-0.25, -0.2) is 4.98 Å². The van der Waals surface area contributed by atoms with Gasteiger partial charge in [0.2, 0.25) is 0 Å². The van der Waals surface area contributed by atoms with Crippen molar-refractivity contribution in [1.82, 2.24) is 4.98 Å². The van der Waals surface area contributed by atoms with Crippen molar-refractivity contribution in [3.8, 4) is 16.9 Å². The Morgan fingerprint density at radius 3 is 2.59 bits per heavy atom. The summed E-state index contributed by atoms with van der Waals surface area (Å²) >= 11 is 6.55. The number of nitrogens with one attached hydrogen (secondary N) is 1. The summed E-state index contributed by atoms with van der Waals surface area (Å²) in [6.07, 6.45) is 3.50. The zero-order valence-corrected chi connectivity index (χ0v) is 18.1. The zero-order chi connectivity index (χ0) is 22.5. The van der Waals surface area contributed by atoms with Crippen molar-refractivity contribution < 1.29 is 19.7 Å². The third kappa shape index (κ3) is 3.23. The minimum absolute atomic E-state index is 0.111. The lowest BCUT2D eigenvalue weighted by molar-refractivity contribution is -0.110. The number of carbonyl (C=O) groups excluding carboxylic acids is 1. The molecule has 6 nitrogen and oxygen atoms in total. The topological polar surface area (TPSA) is 91.7 Å². The van der Waals surface area contributed by atoms with Crippen LogP contribution in [0.5, 0.6) is 5.75 Å². The van der Waals surface area contributed by atoms with Crippen molar-refractivity contribution >= 4 is 34.5 Å². The van der Waals surface area contributed by atoms with Crippen LogP contribution in [0.4, 0.5) is 5.69 Å². The number of aliphatic hydroxyl groups is 2. The van der Waals surface area contributed by atoms with Crippen LogP contribution in [-0.4, -0.2) is 34.8 Å². The van der Waals surface area contributed by atoms with Gasteiger partial charge < -0.3 is 20.3 Å². The van der Waals surface area contributed by atoms with E-state index in [2.05, 4.69) is 10.3 Å². The number of fused-ring (bicyclic) bond motifs is 1. The van der Waals surface area contributed by atoms with E-state index in [9.17, 15) is 15.0 Å². The Morgan fingerprint density at radius 1 is 1.19 bits per heavy atom. The number of halogens is 1. The lowest BCUT2D eigenvalue weighted by Gasteiger charge is -2.14. The minimum Gasteiger partial charge on any atom is -0.505 e. The number of benzene rings is 2. The number of rotatable bonds is 5. The van der Waals surface area contributed by atoms with Crippen molar-refractivity contribution in [1.29, 1.82) is 0 Å². The first-order valence-electron chi connectivity index (χ1n) is 10.3. The number of pyridine rings is 1. The summed E-state index contributed by atoms with van der Waals surface area (Å²) < 4.78 is 5.29. The first-order valence-corrected chi connectivity index (χ1v) is 10.6. The van der Waals surface area contributed by atoms with E-state index in [0.29, 0.717) is 22.0 Å². The van der Waals surface area contributed by atoms with E-state index in [1.807, 2.05) is 24.3 Å². The number of aliphatic hydroxyl groups excluding tert-OH is 2. The number of methoxy groups -OCH3 is 1. The molecule has 1 amide bonds. The van der Waals surface area contributed by atoms with Gasteiger partial charge in [0, 0.05) is 22.7 Å². The summed E-state index contributed by atoms with van der Waals surface area (Å²) in [7, 11) is 1.48. The van der Waals surface area contributed by atoms with Crippen LogP contribution in [0.25, 0.3) is 22.5 Å². The maximum absolute atomic E-state index is 12.7. The molecule has 3 aromatic rings. The molecule has 5 rings (SSSR count). The van der Waals surface area contributed by atoms with Crippen LogP contribution >= 0.6 is 11.6 Å². The van der Waals surface area contributed by atoms with Gasteiger partial charge >= 0.3 is 0 Å². The lowest BCUT2D eigenvalue weighted by Crippen LogP contribution is -2.11. The number of anilines is 1. The first kappa shape index (κ1) is 20.5. The monoisotopic (exact) mass is 448 g/mol. The Hall–Kier alpha value is -3.35. The fraction of sp³-hybridized carbons (Fsp3) is 0.200. The highest BCUT2D eigenvalue weighted by Gasteiger charge is 2.43. The second kappa shape index (κ2) is 7.65. The highest BCUT2D eigenvalue weighted by molar-refractivity contribution is 6.38. The van der Waals surface area contributed by atoms with Crippen LogP contribution in [0.3, 0.4) is 0 Å². The third-order valence-electron chi connectivity index (χ3n) is 6.27. The van der Waals surface area contributed by atoms with Gasteiger partial charge in [-0.05, 0) is 48.2 Å². The summed E-state index contributed by atoms with van der Waals surface area (Å²) in [4.78, 5) is 16.9. The Kier molecular flexibility index (Phi) is 4.92. The third-order valence-corrected chi connectivity index (χ3v) is 6.58. The highest BCUT2D eigenvalue weighted by Crippen LogP contribution is 2.48. The molecule has 3 N–H and O–H groups in total. The predicted octanol–water partition coefficient (Wildman–Crippen LogP) is 4.81. The molecule has 162 valence electrons. The fourth-order valence-corrected chi connectivity index (χ4v) is 4.46. The number of carbonyl (C=O) groups is 1. The van der Waals surface area contributed by atoms with Crippen LogP contribution in [0.2, 0.25) is 5.02 Å². The molecule has 0 atom stereocenters. The molecule has 2 aromatic carbocycles. The maximum Gasteiger partial charge on any atom is 0.260 e. The molecule has 2 aliphatic rings. The van der Waals surface area contributed by atoms with Crippen molar-refractivity contribution in [3.05, 3.63) is 76.6 Å². The highest BCUT2D eigenvalue weighted by atomic mass is 35.5. The molecule has 2 heterocycles. The van der Waals surface area contributed by atoms with E-state index < -0.39 is 5.91 Å². The lowest BCUT2D eigenvalue weighted by atomic mass is 9.93. The number of nitrogens with zero attached hydrogens (tertiary/aromatic N) is 1. The zero-order valence-electron chi connectivity index (χ0n) is 17.4. The number of amides is 1. The number of hydrogen-bond acceptors (Lipinski definition) is 5. The molecule has 0 saturated heterocycles. The normalized spacial score (nSPS) is 17.5. The molecule has 0 spiro atoms. The van der Waals surface area contributed by atoms with E-state index >= 15 is 0 Å². The predicted molar refractivity (Wildman–Crippen MR) is 124 cm³/mol. The first-order chi connectivity index (χ1) is 15.5. The summed E-state index contributed by atoms with van der Waals surface area (Å²) in [5.41, 5.74) is 3.98. The van der Waals surface area contributed by atoms with Gasteiger partial charge in [-0.1, -0.05) is 35.9 Å². The Morgan fingerprint density at radius 2 is 1.94 bits per heavy atom. The van der Waals surface area contributed by atoms with Gasteiger partial charge in [0.25, 0.3) is 5.91 Å². The van der Waals surface area contributed by atoms with E-state index in [1.54, 1.807) is 24.3 Å². The van der Waals surface area contributed by atoms with Gasteiger partial charge in [0.05, 0.1) is 30.0 Å². The van der Waals surface area contributed by atoms with Crippen LogP contribution in [0, 0.1) is 0 Å². The van der Waals surface area contributed by atoms with Gasteiger partial charge in [0.15, 0.2) is 5.76 Å². The molecule has 32 heavy (non-hydrogen) atoms. The molecule has 1 fully saturated rings. The Bertz CT molecular complexity index is 1260. The van der Waals surface area contributed by atoms with Gasteiger partial charge in [-0.15, -0.1) is 0 Å². The van der Waals surface area contributed by atoms with Crippen molar-refractivity contribution in [3.63, 3.8) is 0 Å². The molecular formula is C25H21ClN2O4. The summed E-state index contributed by atoms with van der Waals surface area (Å²) in [5.74, 6) is -0.338. The molecule has 1 aromatic heterocycles. The number of hydrogen-bond donors (Lipinski definition) is 3. The van der Waals surface area contributed by atoms with E-state index in [0.717, 1.165) is 29.5 Å². The summed E-state index contributed by atoms with van der Waals surface area (Å²) in [5, 5.41) is 23.9. The molecule has 0 radical (unpaired) electrons. The minimum atomic E-state index is -0.438. The van der Waals surface area contributed by atoms with Gasteiger partial charge in [-0.3, -0.25) is 4.79 Å². The summed E-state index contributed by atoms with van der Waals surface area (Å²) in [6.45, 7) is 0.143. The molecule has 1 aliphatic carbocycles. The Balaban J connectivity index is 1.60. The van der Waals surface area contributed by atoms with Crippen molar-refractivity contribution in [2.75, 3.05) is 19.0 Å². The molecule has 0 bridgehead atoms. The fourth-order valence-electron chi connectivity index (χ4n) is 4.19. The van der Waals surface area contributed by atoms with Crippen LogP contribution in [0.15, 0.2) is 54.7 Å². The van der Waals surface area contributed by atoms with Gasteiger partial charge in [-0.2, -0.15) is 0 Å². The average Bonchev–Trinajstić information content (AvgIpc) is 3.55. The number of aromatic nitrogens is 1. The van der Waals surface area contributed by atoms with Crippen LogP contribution < -0.4 is 10.1 Å². The van der Waals surface area contributed by atoms with E-state index in [4.69, 9.17) is 16.3 Å². The Labute approximate surface area is 190 Å². The smallest absolute Gasteiger partial charge is 0.260 e. The largest absolute Gasteiger partial charge is 0.505 e.